The second kappa shape index (κ2) is 9.36. The maximum Gasteiger partial charge on any atom is 0.249 e. The van der Waals surface area contributed by atoms with Gasteiger partial charge in [-0.2, -0.15) is 0 Å². The number of ether oxygens (including phenoxy) is 1. The van der Waals surface area contributed by atoms with Crippen molar-refractivity contribution in [2.45, 2.75) is 83.7 Å². The molecule has 0 bridgehead atoms. The van der Waals surface area contributed by atoms with Crippen molar-refractivity contribution in [1.82, 2.24) is 14.7 Å². The van der Waals surface area contributed by atoms with Crippen LogP contribution in [0.25, 0.3) is 0 Å². The fraction of sp³-hybridized carbons (Fsp3) is 0.741. The number of nitrogens with zero attached hydrogens (tertiary/aromatic N) is 3. The topological polar surface area (TPSA) is 90.4 Å². The quantitative estimate of drug-likeness (QED) is 0.555. The van der Waals surface area contributed by atoms with E-state index in [9.17, 15) is 19.5 Å². The normalized spacial score (nSPS) is 35.5. The van der Waals surface area contributed by atoms with Crippen molar-refractivity contribution >= 4 is 17.7 Å². The third kappa shape index (κ3) is 3.67. The monoisotopic (exact) mass is 487 g/mol. The third-order valence-electron chi connectivity index (χ3n) is 8.42. The maximum atomic E-state index is 14.4. The predicted molar refractivity (Wildman–Crippen MR) is 132 cm³/mol. The first-order chi connectivity index (χ1) is 16.6. The highest BCUT2D eigenvalue weighted by molar-refractivity contribution is 6.00. The van der Waals surface area contributed by atoms with Crippen LogP contribution in [0.5, 0.6) is 0 Å². The summed E-state index contributed by atoms with van der Waals surface area (Å²) in [6, 6.07) is -1.56. The van der Waals surface area contributed by atoms with Gasteiger partial charge in [0.25, 0.3) is 0 Å². The minimum absolute atomic E-state index is 0.0708. The molecule has 4 rings (SSSR count). The zero-order valence-corrected chi connectivity index (χ0v) is 21.9. The van der Waals surface area contributed by atoms with Crippen LogP contribution in [-0.4, -0.2) is 93.1 Å². The standard InChI is InChI=1S/C27H41N3O5/c1-7-13-28-14-9-11-26(8-2)20(23(28)32)21-24(33)30(19(16-31)17(3)4)22-25(34)29(18(5)6)15-10-12-27(21,22)35-26/h9-12,17-22,31H,7-8,13-16H2,1-6H3/t19-,20+,21-,22?,26-,27-/m0/s1. The molecule has 8 nitrogen and oxygen atoms in total. The fourth-order valence-electron chi connectivity index (χ4n) is 6.68. The Bertz CT molecular complexity index is 930. The van der Waals surface area contributed by atoms with Crippen LogP contribution >= 0.6 is 0 Å². The molecule has 1 unspecified atom stereocenters. The number of hydrogen-bond donors (Lipinski definition) is 1. The van der Waals surface area contributed by atoms with Gasteiger partial charge in [0.1, 0.15) is 11.6 Å². The number of carbonyl (C=O) groups is 3. The lowest BCUT2D eigenvalue weighted by Gasteiger charge is -2.42. The highest BCUT2D eigenvalue weighted by atomic mass is 16.5. The largest absolute Gasteiger partial charge is 0.394 e. The summed E-state index contributed by atoms with van der Waals surface area (Å²) in [6.07, 6.45) is 9.06. The maximum absolute atomic E-state index is 14.4. The molecule has 4 aliphatic heterocycles. The number of aliphatic hydroxyl groups is 1. The van der Waals surface area contributed by atoms with E-state index >= 15 is 0 Å². The first-order valence-electron chi connectivity index (χ1n) is 13.2. The van der Waals surface area contributed by atoms with E-state index in [-0.39, 0.29) is 36.3 Å². The number of fused-ring (bicyclic) bond motifs is 2. The van der Waals surface area contributed by atoms with E-state index in [2.05, 4.69) is 0 Å². The van der Waals surface area contributed by atoms with Crippen LogP contribution in [0.2, 0.25) is 0 Å². The number of likely N-dealkylation sites (tertiary alicyclic amines) is 1. The molecule has 0 aromatic heterocycles. The second-order valence-corrected chi connectivity index (χ2v) is 11.0. The number of rotatable bonds is 7. The summed E-state index contributed by atoms with van der Waals surface area (Å²) in [5, 5.41) is 10.3. The molecule has 0 aromatic carbocycles. The molecule has 0 aromatic rings. The summed E-state index contributed by atoms with van der Waals surface area (Å²) in [7, 11) is 0. The molecule has 0 saturated carbocycles. The SMILES string of the molecule is CCCN1CC=C[C@]2(CC)O[C@]34C=CCN(C(C)C)C(=O)C3N([C@@H](CO)C(C)C)C(=O)[C@@H]4[C@@H]2C1=O. The van der Waals surface area contributed by atoms with Crippen molar-refractivity contribution in [3.63, 3.8) is 0 Å². The molecule has 0 radical (unpaired) electrons. The lowest BCUT2D eigenvalue weighted by Crippen LogP contribution is -2.60. The van der Waals surface area contributed by atoms with Gasteiger partial charge in [0.2, 0.25) is 17.7 Å². The van der Waals surface area contributed by atoms with Crippen molar-refractivity contribution in [2.24, 2.45) is 17.8 Å². The first kappa shape index (κ1) is 25.9. The molecule has 0 aliphatic carbocycles. The van der Waals surface area contributed by atoms with Gasteiger partial charge in [0.05, 0.1) is 30.1 Å². The lowest BCUT2D eigenvalue weighted by molar-refractivity contribution is -0.159. The summed E-state index contributed by atoms with van der Waals surface area (Å²) in [5.74, 6) is -2.19. The Morgan fingerprint density at radius 3 is 2.26 bits per heavy atom. The molecule has 8 heteroatoms. The summed E-state index contributed by atoms with van der Waals surface area (Å²) >= 11 is 0. The summed E-state index contributed by atoms with van der Waals surface area (Å²) in [6.45, 7) is 13.0. The third-order valence-corrected chi connectivity index (χ3v) is 8.42. The number of aliphatic hydroxyl groups excluding tert-OH is 1. The van der Waals surface area contributed by atoms with E-state index in [1.54, 1.807) is 14.7 Å². The fourth-order valence-corrected chi connectivity index (χ4v) is 6.68. The van der Waals surface area contributed by atoms with E-state index in [1.165, 1.54) is 0 Å². The molecular formula is C27H41N3O5. The van der Waals surface area contributed by atoms with Gasteiger partial charge in [-0.15, -0.1) is 0 Å². The van der Waals surface area contributed by atoms with E-state index in [0.717, 1.165) is 6.42 Å². The molecule has 1 N–H and O–H groups in total. The van der Waals surface area contributed by atoms with E-state index in [1.807, 2.05) is 65.8 Å². The van der Waals surface area contributed by atoms with Gasteiger partial charge in [0, 0.05) is 25.7 Å². The Labute approximate surface area is 208 Å². The van der Waals surface area contributed by atoms with Gasteiger partial charge in [-0.3, -0.25) is 14.4 Å². The Kier molecular flexibility index (Phi) is 6.92. The van der Waals surface area contributed by atoms with Gasteiger partial charge in [0.15, 0.2) is 0 Å². The minimum atomic E-state index is -1.27. The highest BCUT2D eigenvalue weighted by Crippen LogP contribution is 2.59. The van der Waals surface area contributed by atoms with Crippen LogP contribution in [0.3, 0.4) is 0 Å². The molecule has 194 valence electrons. The smallest absolute Gasteiger partial charge is 0.249 e. The Balaban J connectivity index is 1.94. The van der Waals surface area contributed by atoms with Crippen molar-refractivity contribution in [3.8, 4) is 0 Å². The van der Waals surface area contributed by atoms with Crippen LogP contribution in [-0.2, 0) is 19.1 Å². The van der Waals surface area contributed by atoms with Crippen molar-refractivity contribution in [3.05, 3.63) is 24.3 Å². The molecule has 1 spiro atoms. The minimum Gasteiger partial charge on any atom is -0.394 e. The highest BCUT2D eigenvalue weighted by Gasteiger charge is 2.76. The van der Waals surface area contributed by atoms with E-state index < -0.39 is 35.1 Å². The van der Waals surface area contributed by atoms with Gasteiger partial charge in [-0.1, -0.05) is 52.0 Å². The molecule has 4 aliphatic rings. The molecule has 2 fully saturated rings. The number of amides is 3. The van der Waals surface area contributed by atoms with E-state index in [0.29, 0.717) is 26.1 Å². The predicted octanol–water partition coefficient (Wildman–Crippen LogP) is 1.98. The Hall–Kier alpha value is -2.19. The van der Waals surface area contributed by atoms with Crippen LogP contribution in [0.1, 0.15) is 54.4 Å². The van der Waals surface area contributed by atoms with Gasteiger partial charge >= 0.3 is 0 Å². The second-order valence-electron chi connectivity index (χ2n) is 11.0. The lowest BCUT2D eigenvalue weighted by atomic mass is 9.73. The van der Waals surface area contributed by atoms with Crippen LogP contribution in [0, 0.1) is 17.8 Å². The zero-order valence-electron chi connectivity index (χ0n) is 21.9. The van der Waals surface area contributed by atoms with Crippen molar-refractivity contribution in [1.29, 1.82) is 0 Å². The van der Waals surface area contributed by atoms with Crippen LogP contribution in [0.15, 0.2) is 24.3 Å². The first-order valence-corrected chi connectivity index (χ1v) is 13.2. The van der Waals surface area contributed by atoms with Gasteiger partial charge in [-0.25, -0.2) is 0 Å². The van der Waals surface area contributed by atoms with E-state index in [4.69, 9.17) is 4.74 Å². The molecular weight excluding hydrogens is 446 g/mol. The van der Waals surface area contributed by atoms with Crippen molar-refractivity contribution < 1.29 is 24.2 Å². The van der Waals surface area contributed by atoms with Crippen LogP contribution in [0.4, 0.5) is 0 Å². The zero-order chi connectivity index (χ0) is 25.7. The Morgan fingerprint density at radius 1 is 1.00 bits per heavy atom. The molecule has 3 amide bonds. The number of hydrogen-bond acceptors (Lipinski definition) is 5. The number of carbonyl (C=O) groups excluding carboxylic acids is 3. The summed E-state index contributed by atoms with van der Waals surface area (Å²) < 4.78 is 6.94. The van der Waals surface area contributed by atoms with Crippen LogP contribution < -0.4 is 0 Å². The molecule has 4 heterocycles. The van der Waals surface area contributed by atoms with Gasteiger partial charge < -0.3 is 24.5 Å². The Morgan fingerprint density at radius 2 is 1.69 bits per heavy atom. The molecule has 2 saturated heterocycles. The summed E-state index contributed by atoms with van der Waals surface area (Å²) in [5.41, 5.74) is -2.23. The van der Waals surface area contributed by atoms with Gasteiger partial charge in [-0.05, 0) is 32.6 Å². The van der Waals surface area contributed by atoms with Crippen molar-refractivity contribution in [2.75, 3.05) is 26.2 Å². The average molecular weight is 488 g/mol. The average Bonchev–Trinajstić information content (AvgIpc) is 3.09. The summed E-state index contributed by atoms with van der Waals surface area (Å²) in [4.78, 5) is 47.6. The molecule has 35 heavy (non-hydrogen) atoms. The molecule has 6 atom stereocenters.